The van der Waals surface area contributed by atoms with E-state index in [0.29, 0.717) is 5.39 Å². The zero-order valence-electron chi connectivity index (χ0n) is 16.1. The minimum absolute atomic E-state index is 0.0375. The first-order chi connectivity index (χ1) is 13.5. The van der Waals surface area contributed by atoms with Gasteiger partial charge in [-0.3, -0.25) is 9.79 Å². The van der Waals surface area contributed by atoms with Crippen LogP contribution in [-0.4, -0.2) is 21.4 Å². The number of allylic oxidation sites excluding steroid dienone is 1. The molecule has 1 aliphatic heterocycles. The summed E-state index contributed by atoms with van der Waals surface area (Å²) in [5.41, 5.74) is 10.2. The lowest BCUT2D eigenvalue weighted by molar-refractivity contribution is 0.613. The van der Waals surface area contributed by atoms with E-state index in [-0.39, 0.29) is 11.5 Å². The molecule has 0 bridgehead atoms. The van der Waals surface area contributed by atoms with Crippen molar-refractivity contribution in [2.75, 3.05) is 0 Å². The van der Waals surface area contributed by atoms with Crippen molar-refractivity contribution in [3.63, 3.8) is 0 Å². The molecule has 5 heteroatoms. The van der Waals surface area contributed by atoms with Crippen LogP contribution in [0.3, 0.4) is 0 Å². The zero-order valence-corrected chi connectivity index (χ0v) is 16.1. The Morgan fingerprint density at radius 2 is 1.79 bits per heavy atom. The minimum atomic E-state index is -0.514. The predicted molar refractivity (Wildman–Crippen MR) is 114 cm³/mol. The van der Waals surface area contributed by atoms with E-state index in [2.05, 4.69) is 34.2 Å². The highest BCUT2D eigenvalue weighted by Gasteiger charge is 2.31. The Morgan fingerprint density at radius 1 is 1.11 bits per heavy atom. The van der Waals surface area contributed by atoms with Gasteiger partial charge >= 0.3 is 0 Å². The first-order valence-corrected chi connectivity index (χ1v) is 9.52. The van der Waals surface area contributed by atoms with E-state index in [9.17, 15) is 4.79 Å². The van der Waals surface area contributed by atoms with E-state index in [1.165, 1.54) is 5.56 Å². The molecule has 0 fully saturated rings. The van der Waals surface area contributed by atoms with E-state index in [4.69, 9.17) is 5.73 Å². The van der Waals surface area contributed by atoms with Crippen LogP contribution in [0.4, 0.5) is 0 Å². The first kappa shape index (κ1) is 18.3. The first-order valence-electron chi connectivity index (χ1n) is 9.52. The fourth-order valence-corrected chi connectivity index (χ4v) is 3.82. The van der Waals surface area contributed by atoms with E-state index >= 15 is 0 Å². The van der Waals surface area contributed by atoms with Gasteiger partial charge in [-0.1, -0.05) is 55.5 Å². The maximum atomic E-state index is 12.1. The second-order valence-corrected chi connectivity index (χ2v) is 7.74. The summed E-state index contributed by atoms with van der Waals surface area (Å²) in [6.07, 6.45) is 3.37. The predicted octanol–water partition coefficient (Wildman–Crippen LogP) is 3.72. The summed E-state index contributed by atoms with van der Waals surface area (Å²) in [5, 5.41) is 8.51. The fourth-order valence-electron chi connectivity index (χ4n) is 3.82. The Morgan fingerprint density at radius 3 is 2.54 bits per heavy atom. The Hall–Kier alpha value is -3.05. The quantitative estimate of drug-likeness (QED) is 0.716. The molecule has 0 saturated heterocycles. The molecule has 2 heterocycles. The van der Waals surface area contributed by atoms with E-state index in [1.54, 1.807) is 0 Å². The third kappa shape index (κ3) is 3.41. The molecule has 2 aromatic carbocycles. The summed E-state index contributed by atoms with van der Waals surface area (Å²) >= 11 is 0. The van der Waals surface area contributed by atoms with Crippen LogP contribution in [0.1, 0.15) is 37.4 Å². The van der Waals surface area contributed by atoms with Crippen molar-refractivity contribution in [3.05, 3.63) is 88.0 Å². The topological polar surface area (TPSA) is 84.1 Å². The van der Waals surface area contributed by atoms with Gasteiger partial charge in [0.1, 0.15) is 0 Å². The lowest BCUT2D eigenvalue weighted by Crippen LogP contribution is -2.46. The molecule has 0 amide bonds. The molecule has 0 aliphatic carbocycles. The highest BCUT2D eigenvalue weighted by molar-refractivity contribution is 5.97. The van der Waals surface area contributed by atoms with Crippen LogP contribution >= 0.6 is 0 Å². The van der Waals surface area contributed by atoms with Gasteiger partial charge in [0.15, 0.2) is 0 Å². The molecular formula is C23H24N4O. The molecule has 142 valence electrons. The number of benzene rings is 2. The number of hydrogen-bond donors (Lipinski definition) is 2. The molecule has 4 rings (SSSR count). The van der Waals surface area contributed by atoms with Crippen molar-refractivity contribution >= 4 is 16.5 Å². The van der Waals surface area contributed by atoms with Crippen molar-refractivity contribution < 1.29 is 0 Å². The van der Waals surface area contributed by atoms with Gasteiger partial charge in [-0.05, 0) is 30.5 Å². The maximum Gasteiger partial charge on any atom is 0.272 e. The largest absolute Gasteiger partial charge is 0.320 e. The maximum absolute atomic E-state index is 12.1. The van der Waals surface area contributed by atoms with Crippen molar-refractivity contribution in [1.82, 2.24) is 10.2 Å². The molecule has 28 heavy (non-hydrogen) atoms. The van der Waals surface area contributed by atoms with Crippen molar-refractivity contribution in [3.8, 4) is 0 Å². The average molecular weight is 372 g/mol. The van der Waals surface area contributed by atoms with E-state index in [1.807, 2.05) is 55.6 Å². The SMILES string of the molecule is CC(C1=CN=C([C@](C)(N)Cc2ccccc2)C1)c1n[nH]c(=O)c2ccccc12. The molecule has 1 aromatic heterocycles. The lowest BCUT2D eigenvalue weighted by atomic mass is 9.84. The molecule has 0 radical (unpaired) electrons. The Bertz CT molecular complexity index is 1130. The normalized spacial score (nSPS) is 17.1. The van der Waals surface area contributed by atoms with E-state index in [0.717, 1.165) is 35.2 Å². The van der Waals surface area contributed by atoms with Crippen LogP contribution in [0.25, 0.3) is 10.8 Å². The highest BCUT2D eigenvalue weighted by atomic mass is 16.1. The highest BCUT2D eigenvalue weighted by Crippen LogP contribution is 2.33. The van der Waals surface area contributed by atoms with Gasteiger partial charge < -0.3 is 5.73 Å². The average Bonchev–Trinajstić information content (AvgIpc) is 3.20. The van der Waals surface area contributed by atoms with Gasteiger partial charge in [0.2, 0.25) is 0 Å². The number of nitrogens with one attached hydrogen (secondary N) is 1. The third-order valence-corrected chi connectivity index (χ3v) is 5.52. The van der Waals surface area contributed by atoms with Crippen molar-refractivity contribution in [1.29, 1.82) is 0 Å². The molecule has 3 aromatic rings. The summed E-state index contributed by atoms with van der Waals surface area (Å²) in [6, 6.07) is 17.8. The minimum Gasteiger partial charge on any atom is -0.320 e. The van der Waals surface area contributed by atoms with Crippen LogP contribution in [-0.2, 0) is 6.42 Å². The van der Waals surface area contributed by atoms with Gasteiger partial charge in [0, 0.05) is 29.6 Å². The van der Waals surface area contributed by atoms with Gasteiger partial charge in [0.05, 0.1) is 16.6 Å². The number of nitrogens with zero attached hydrogens (tertiary/aromatic N) is 2. The standard InChI is InChI=1S/C23H24N4O/c1-15(21-18-10-6-7-11-19(18)22(28)27-26-21)17-12-20(25-14-17)23(2,24)13-16-8-4-3-5-9-16/h3-11,14-15H,12-13,24H2,1-2H3,(H,27,28)/t15?,23-/m1/s1. The fraction of sp³-hybridized carbons (Fsp3) is 0.261. The molecule has 0 spiro atoms. The summed E-state index contributed by atoms with van der Waals surface area (Å²) in [5.74, 6) is 0.0375. The van der Waals surface area contributed by atoms with Gasteiger partial charge in [-0.2, -0.15) is 5.10 Å². The van der Waals surface area contributed by atoms with Gasteiger partial charge in [-0.25, -0.2) is 5.10 Å². The second kappa shape index (κ2) is 7.17. The van der Waals surface area contributed by atoms with E-state index < -0.39 is 5.54 Å². The number of nitrogens with two attached hydrogens (primary N) is 1. The molecule has 1 aliphatic rings. The number of hydrogen-bond acceptors (Lipinski definition) is 4. The third-order valence-electron chi connectivity index (χ3n) is 5.52. The monoisotopic (exact) mass is 372 g/mol. The zero-order chi connectivity index (χ0) is 19.7. The Labute approximate surface area is 164 Å². The molecular weight excluding hydrogens is 348 g/mol. The number of rotatable bonds is 5. The Balaban J connectivity index is 1.55. The van der Waals surface area contributed by atoms with Crippen LogP contribution in [0, 0.1) is 0 Å². The van der Waals surface area contributed by atoms with Crippen molar-refractivity contribution in [2.45, 2.75) is 38.1 Å². The summed E-state index contributed by atoms with van der Waals surface area (Å²) in [7, 11) is 0. The number of aromatic amines is 1. The van der Waals surface area contributed by atoms with Gasteiger partial charge in [-0.15, -0.1) is 0 Å². The van der Waals surface area contributed by atoms with Gasteiger partial charge in [0.25, 0.3) is 5.56 Å². The number of aromatic nitrogens is 2. The summed E-state index contributed by atoms with van der Waals surface area (Å²) < 4.78 is 0. The molecule has 5 nitrogen and oxygen atoms in total. The number of aliphatic imine (C=N–C) groups is 1. The number of H-pyrrole nitrogens is 1. The number of fused-ring (bicyclic) bond motifs is 1. The van der Waals surface area contributed by atoms with Crippen LogP contribution < -0.4 is 11.3 Å². The smallest absolute Gasteiger partial charge is 0.272 e. The van der Waals surface area contributed by atoms with Crippen LogP contribution in [0.5, 0.6) is 0 Å². The van der Waals surface area contributed by atoms with Crippen LogP contribution in [0.2, 0.25) is 0 Å². The molecule has 3 N–H and O–H groups in total. The Kier molecular flexibility index (Phi) is 4.69. The second-order valence-electron chi connectivity index (χ2n) is 7.74. The lowest BCUT2D eigenvalue weighted by Gasteiger charge is -2.26. The summed E-state index contributed by atoms with van der Waals surface area (Å²) in [6.45, 7) is 4.14. The summed E-state index contributed by atoms with van der Waals surface area (Å²) in [4.78, 5) is 16.7. The van der Waals surface area contributed by atoms with Crippen molar-refractivity contribution in [2.24, 2.45) is 10.7 Å². The van der Waals surface area contributed by atoms with Crippen LogP contribution in [0.15, 0.2) is 76.2 Å². The molecule has 0 saturated carbocycles. The molecule has 1 unspecified atom stereocenters. The molecule has 2 atom stereocenters.